The molecule has 0 fully saturated rings. The number of aryl methyl sites for hydroxylation is 2. The van der Waals surface area contributed by atoms with E-state index < -0.39 is 5.41 Å². The van der Waals surface area contributed by atoms with Gasteiger partial charge >= 0.3 is 0 Å². The third-order valence-corrected chi connectivity index (χ3v) is 24.7. The highest BCUT2D eigenvalue weighted by molar-refractivity contribution is 5.90. The summed E-state index contributed by atoms with van der Waals surface area (Å²) in [6, 6.07) is 55.3. The Morgan fingerprint density at radius 1 is 0.606 bits per heavy atom. The highest BCUT2D eigenvalue weighted by Gasteiger charge is 2.57. The van der Waals surface area contributed by atoms with Gasteiger partial charge < -0.3 is 14.5 Å². The predicted molar refractivity (Wildman–Crippen MR) is 408 cm³/mol. The average molecular weight is 1300 g/mol. The number of hydrogen-bond donors (Lipinski definition) is 0. The maximum Gasteiger partial charge on any atom is 0.125 e. The van der Waals surface area contributed by atoms with Crippen LogP contribution in [0.4, 0.5) is 25.8 Å². The van der Waals surface area contributed by atoms with Crippen LogP contribution in [0.15, 0.2) is 284 Å². The standard InChI is InChI=1S/C94H88F2N2O/c1-7-63-27-31-65(32-28-63)67-35-39-69(40-36-67)93(83-55-59(3)23-25-61(83)5)81-17-11-9-15-77(81)79-53-51-75(57-85(79)93)97(73-47-43-71(95)44-48-73)87-19-13-21-89-91(87)92-88(20-14-22-90(92)99-89)98(74-49-45-72(96)46-50-74)76-52-54-80-78-16-10-12-18-82(78)94(86(80)58-76,84-56-60(4)24-26-62(84)6)70-41-37-68(38-42-70)66-33-29-64(8-2)30-34-66/h7-13,15-21,23-25,27-35,39,41,43-47,49-55,57,62,68,73,76-77,81,84,90,92H,1-2,14,22,26,36-38,40,42,48,56,58H2,3-6H3. The number of anilines is 3. The molecule has 0 saturated heterocycles. The maximum absolute atomic E-state index is 15.7. The van der Waals surface area contributed by atoms with Crippen molar-refractivity contribution in [2.24, 2.45) is 17.8 Å². The number of fused-ring (bicyclic) bond motifs is 8. The average Bonchev–Trinajstić information content (AvgIpc) is 1.56. The number of ether oxygens (including phenoxy) is 1. The summed E-state index contributed by atoms with van der Waals surface area (Å²) in [5, 5.41) is 0. The largest absolute Gasteiger partial charge is 0.489 e. The van der Waals surface area contributed by atoms with Crippen molar-refractivity contribution in [1.29, 1.82) is 0 Å². The van der Waals surface area contributed by atoms with Crippen molar-refractivity contribution in [3.05, 3.63) is 356 Å². The van der Waals surface area contributed by atoms with E-state index in [1.807, 2.05) is 24.3 Å². The van der Waals surface area contributed by atoms with Gasteiger partial charge in [-0.15, -0.1) is 0 Å². The second-order valence-electron chi connectivity index (χ2n) is 29.9. The lowest BCUT2D eigenvalue weighted by Crippen LogP contribution is -2.46. The number of nitrogens with zero attached hydrogens (tertiary/aromatic N) is 2. The number of allylic oxidation sites excluding steroid dienone is 17. The Bertz CT molecular complexity index is 4800. The van der Waals surface area contributed by atoms with E-state index in [2.05, 4.69) is 251 Å². The number of rotatable bonds is 14. The Labute approximate surface area is 585 Å². The van der Waals surface area contributed by atoms with E-state index in [0.717, 1.165) is 104 Å². The predicted octanol–water partition coefficient (Wildman–Crippen LogP) is 23.9. The summed E-state index contributed by atoms with van der Waals surface area (Å²) in [6.45, 7) is 17.5. The number of hydrogen-bond acceptors (Lipinski definition) is 3. The Morgan fingerprint density at radius 3 is 2.16 bits per heavy atom. The van der Waals surface area contributed by atoms with Gasteiger partial charge in [0.2, 0.25) is 0 Å². The first-order chi connectivity index (χ1) is 48.4. The molecular formula is C94H88F2N2O. The van der Waals surface area contributed by atoms with Crippen LogP contribution < -0.4 is 14.5 Å². The van der Waals surface area contributed by atoms with E-state index in [-0.39, 0.29) is 53.0 Å². The zero-order valence-corrected chi connectivity index (χ0v) is 57.6. The van der Waals surface area contributed by atoms with Gasteiger partial charge in [-0.05, 0) is 242 Å². The Balaban J connectivity index is 0.806. The van der Waals surface area contributed by atoms with Gasteiger partial charge in [-0.1, -0.05) is 231 Å². The summed E-state index contributed by atoms with van der Waals surface area (Å²) >= 11 is 0. The second kappa shape index (κ2) is 25.3. The first-order valence-corrected chi connectivity index (χ1v) is 36.6. The molecule has 10 aliphatic rings. The molecule has 11 atom stereocenters. The molecule has 0 radical (unpaired) electrons. The summed E-state index contributed by atoms with van der Waals surface area (Å²) in [4.78, 5) is 5.13. The molecule has 11 unspecified atom stereocenters. The molecule has 17 rings (SSSR count). The van der Waals surface area contributed by atoms with Crippen molar-refractivity contribution in [1.82, 2.24) is 0 Å². The van der Waals surface area contributed by atoms with Crippen molar-refractivity contribution >= 4 is 40.4 Å². The van der Waals surface area contributed by atoms with E-state index in [1.54, 1.807) is 29.9 Å². The molecule has 0 amide bonds. The Hall–Kier alpha value is -9.58. The molecule has 0 saturated carbocycles. The molecule has 99 heavy (non-hydrogen) atoms. The van der Waals surface area contributed by atoms with Crippen LogP contribution in [0.3, 0.4) is 0 Å². The summed E-state index contributed by atoms with van der Waals surface area (Å²) in [6.07, 6.45) is 46.2. The van der Waals surface area contributed by atoms with Crippen LogP contribution in [0.1, 0.15) is 169 Å². The van der Waals surface area contributed by atoms with Gasteiger partial charge in [-0.2, -0.15) is 0 Å². The van der Waals surface area contributed by atoms with Gasteiger partial charge in [-0.25, -0.2) is 8.78 Å². The van der Waals surface area contributed by atoms with Gasteiger partial charge in [0, 0.05) is 51.0 Å². The van der Waals surface area contributed by atoms with Crippen LogP contribution in [-0.4, -0.2) is 18.2 Å². The summed E-state index contributed by atoms with van der Waals surface area (Å²) < 4.78 is 38.7. The van der Waals surface area contributed by atoms with E-state index in [0.29, 0.717) is 24.2 Å². The van der Waals surface area contributed by atoms with Crippen LogP contribution in [0.5, 0.6) is 5.75 Å². The third-order valence-electron chi connectivity index (χ3n) is 24.7. The zero-order valence-electron chi connectivity index (χ0n) is 57.6. The van der Waals surface area contributed by atoms with Crippen LogP contribution in [0.25, 0.3) is 23.3 Å². The minimum absolute atomic E-state index is 0.121. The summed E-state index contributed by atoms with van der Waals surface area (Å²) in [5.41, 5.74) is 27.6. The van der Waals surface area contributed by atoms with E-state index in [9.17, 15) is 0 Å². The topological polar surface area (TPSA) is 15.7 Å². The third kappa shape index (κ3) is 10.4. The molecule has 0 N–H and O–H groups in total. The molecule has 0 bridgehead atoms. The fraction of sp³-hybridized carbons (Fsp3) is 0.277. The monoisotopic (exact) mass is 1300 g/mol. The van der Waals surface area contributed by atoms with E-state index >= 15 is 8.78 Å². The zero-order chi connectivity index (χ0) is 67.3. The molecule has 3 nitrogen and oxygen atoms in total. The minimum Gasteiger partial charge on any atom is -0.489 e. The molecular weight excluding hydrogens is 1210 g/mol. The first kappa shape index (κ1) is 62.9. The van der Waals surface area contributed by atoms with Crippen molar-refractivity contribution in [2.75, 3.05) is 9.80 Å². The van der Waals surface area contributed by atoms with Crippen LogP contribution in [0, 0.1) is 37.4 Å². The fourth-order valence-corrected chi connectivity index (χ4v) is 20.1. The molecule has 1 aliphatic heterocycles. The summed E-state index contributed by atoms with van der Waals surface area (Å²) in [7, 11) is 0. The molecule has 7 aromatic rings. The van der Waals surface area contributed by atoms with Crippen molar-refractivity contribution in [3.63, 3.8) is 0 Å². The fourth-order valence-electron chi connectivity index (χ4n) is 20.1. The molecule has 0 spiro atoms. The van der Waals surface area contributed by atoms with Crippen molar-refractivity contribution < 1.29 is 13.5 Å². The molecule has 1 heterocycles. The lowest BCUT2D eigenvalue weighted by atomic mass is 9.54. The highest BCUT2D eigenvalue weighted by atomic mass is 19.1. The van der Waals surface area contributed by atoms with Crippen LogP contribution in [0.2, 0.25) is 0 Å². The number of halogens is 2. The Morgan fingerprint density at radius 2 is 1.39 bits per heavy atom. The highest BCUT2D eigenvalue weighted by Crippen LogP contribution is 2.66. The molecule has 0 aromatic heterocycles. The van der Waals surface area contributed by atoms with Crippen molar-refractivity contribution in [2.45, 2.75) is 145 Å². The number of benzene rings is 7. The van der Waals surface area contributed by atoms with Gasteiger partial charge in [0.05, 0.1) is 18.0 Å². The maximum atomic E-state index is 15.7. The quantitative estimate of drug-likeness (QED) is 0.101. The minimum atomic E-state index is -0.510. The van der Waals surface area contributed by atoms with E-state index in [1.165, 1.54) is 83.6 Å². The van der Waals surface area contributed by atoms with Gasteiger partial charge in [0.25, 0.3) is 0 Å². The molecule has 5 heteroatoms. The molecule has 9 aliphatic carbocycles. The van der Waals surface area contributed by atoms with E-state index in [4.69, 9.17) is 4.74 Å². The van der Waals surface area contributed by atoms with Gasteiger partial charge in [0.1, 0.15) is 23.5 Å². The lowest BCUT2D eigenvalue weighted by molar-refractivity contribution is 0.198. The van der Waals surface area contributed by atoms with Crippen molar-refractivity contribution in [3.8, 4) is 5.75 Å². The SMILES string of the molecule is C=Cc1ccc(C2=CC=C(C3(c4cc(C)ccc4C)c4cc(N(c5cccc6c5C5C(N(c7ccc(F)cc7)C7C=CC8=C(C7)C(C7=CCC(c9ccc(C=C)cc9)CC7)(C7CC(C)=CCC7C)c7ccccc78)=CCCC5O6)C5C=CC(F)=CC5)ccc4C4C=CC=CC43)CC2)cc1. The van der Waals surface area contributed by atoms with Crippen LogP contribution in [-0.2, 0) is 10.8 Å². The smallest absolute Gasteiger partial charge is 0.125 e. The molecule has 7 aromatic carbocycles. The summed E-state index contributed by atoms with van der Waals surface area (Å²) in [5.74, 6) is 1.74. The second-order valence-corrected chi connectivity index (χ2v) is 29.9. The first-order valence-electron chi connectivity index (χ1n) is 36.6. The molecule has 494 valence electrons. The van der Waals surface area contributed by atoms with Gasteiger partial charge in [0.15, 0.2) is 0 Å². The lowest BCUT2D eigenvalue weighted by Gasteiger charge is -2.50. The van der Waals surface area contributed by atoms with Crippen LogP contribution >= 0.6 is 0 Å². The normalized spacial score (nSPS) is 27.6. The van der Waals surface area contributed by atoms with Gasteiger partial charge in [-0.3, -0.25) is 0 Å². The Kier molecular flexibility index (Phi) is 16.1.